The third-order valence-electron chi connectivity index (χ3n) is 2.91. The molecule has 0 fully saturated rings. The summed E-state index contributed by atoms with van der Waals surface area (Å²) in [5.41, 5.74) is 8.49. The molecule has 0 heterocycles. The highest BCUT2D eigenvalue weighted by molar-refractivity contribution is 7.84. The summed E-state index contributed by atoms with van der Waals surface area (Å²) < 4.78 is 12.4. The van der Waals surface area contributed by atoms with Crippen LogP contribution < -0.4 is 5.73 Å². The third kappa shape index (κ3) is 3.19. The summed E-state index contributed by atoms with van der Waals surface area (Å²) in [7, 11) is -1.20. The van der Waals surface area contributed by atoms with Crippen LogP contribution in [0.25, 0.3) is 0 Å². The van der Waals surface area contributed by atoms with Gasteiger partial charge in [0.25, 0.3) is 0 Å². The van der Waals surface area contributed by atoms with E-state index in [1.807, 2.05) is 13.0 Å². The zero-order valence-electron chi connectivity index (χ0n) is 10.9. The van der Waals surface area contributed by atoms with E-state index in [1.165, 1.54) is 0 Å². The molecule has 0 aliphatic rings. The Labute approximate surface area is 125 Å². The summed E-state index contributed by atoms with van der Waals surface area (Å²) in [6.45, 7) is 1.88. The van der Waals surface area contributed by atoms with Crippen molar-refractivity contribution >= 4 is 28.1 Å². The zero-order chi connectivity index (χ0) is 14.7. The van der Waals surface area contributed by atoms with E-state index in [-0.39, 0.29) is 0 Å². The van der Waals surface area contributed by atoms with Gasteiger partial charge in [-0.2, -0.15) is 5.26 Å². The standard InChI is InChI=1S/C15H13ClN2OS/c1-10-6-13(18)4-5-15(10)20(19)9-12-3-2-11(8-17)7-14(12)16/h2-7H,9,18H2,1H3. The quantitative estimate of drug-likeness (QED) is 0.884. The van der Waals surface area contributed by atoms with E-state index >= 15 is 0 Å². The van der Waals surface area contributed by atoms with Crippen molar-refractivity contribution in [3.05, 3.63) is 58.1 Å². The van der Waals surface area contributed by atoms with E-state index in [2.05, 4.69) is 0 Å². The molecule has 1 atom stereocenters. The average Bonchev–Trinajstić information content (AvgIpc) is 2.40. The Morgan fingerprint density at radius 3 is 2.65 bits per heavy atom. The fourth-order valence-electron chi connectivity index (χ4n) is 1.88. The van der Waals surface area contributed by atoms with Crippen LogP contribution >= 0.6 is 11.6 Å². The van der Waals surface area contributed by atoms with Crippen LogP contribution in [0.4, 0.5) is 5.69 Å². The van der Waals surface area contributed by atoms with Gasteiger partial charge in [-0.1, -0.05) is 17.7 Å². The summed E-state index contributed by atoms with van der Waals surface area (Å²) in [5, 5.41) is 9.26. The fraction of sp³-hybridized carbons (Fsp3) is 0.133. The molecule has 2 aromatic carbocycles. The fourth-order valence-corrected chi connectivity index (χ4v) is 3.54. The lowest BCUT2D eigenvalue weighted by atomic mass is 10.2. The molecule has 5 heteroatoms. The van der Waals surface area contributed by atoms with Crippen molar-refractivity contribution in [1.82, 2.24) is 0 Å². The second-order valence-electron chi connectivity index (χ2n) is 4.43. The van der Waals surface area contributed by atoms with Gasteiger partial charge in [-0.25, -0.2) is 0 Å². The summed E-state index contributed by atoms with van der Waals surface area (Å²) in [5.74, 6) is 0.315. The minimum absolute atomic E-state index is 0.315. The predicted octanol–water partition coefficient (Wildman–Crippen LogP) is 3.41. The van der Waals surface area contributed by atoms with Gasteiger partial charge in [0, 0.05) is 15.6 Å². The van der Waals surface area contributed by atoms with Crippen LogP contribution in [0, 0.1) is 18.3 Å². The first-order chi connectivity index (χ1) is 9.51. The maximum atomic E-state index is 12.4. The molecule has 20 heavy (non-hydrogen) atoms. The predicted molar refractivity (Wildman–Crippen MR) is 81.9 cm³/mol. The molecule has 102 valence electrons. The van der Waals surface area contributed by atoms with E-state index in [0.29, 0.717) is 22.0 Å². The van der Waals surface area contributed by atoms with Crippen LogP contribution in [-0.4, -0.2) is 4.21 Å². The smallest absolute Gasteiger partial charge is 0.0992 e. The summed E-state index contributed by atoms with van der Waals surface area (Å²) in [6, 6.07) is 12.3. The van der Waals surface area contributed by atoms with Crippen molar-refractivity contribution in [3.8, 4) is 6.07 Å². The molecule has 0 radical (unpaired) electrons. The van der Waals surface area contributed by atoms with Crippen LogP contribution in [0.5, 0.6) is 0 Å². The van der Waals surface area contributed by atoms with E-state index in [1.54, 1.807) is 36.4 Å². The van der Waals surface area contributed by atoms with Crippen molar-refractivity contribution < 1.29 is 4.21 Å². The number of benzene rings is 2. The Morgan fingerprint density at radius 2 is 2.05 bits per heavy atom. The SMILES string of the molecule is Cc1cc(N)ccc1S(=O)Cc1ccc(C#N)cc1Cl. The number of nitriles is 1. The molecule has 0 saturated heterocycles. The molecule has 2 N–H and O–H groups in total. The number of aryl methyl sites for hydroxylation is 1. The van der Waals surface area contributed by atoms with Gasteiger partial charge in [-0.15, -0.1) is 0 Å². The second kappa shape index (κ2) is 6.08. The highest BCUT2D eigenvalue weighted by atomic mass is 35.5. The second-order valence-corrected chi connectivity index (χ2v) is 6.26. The number of nitrogens with two attached hydrogens (primary N) is 1. The first kappa shape index (κ1) is 14.6. The van der Waals surface area contributed by atoms with Gasteiger partial charge < -0.3 is 5.73 Å². The van der Waals surface area contributed by atoms with Gasteiger partial charge in [0.15, 0.2) is 0 Å². The number of hydrogen-bond acceptors (Lipinski definition) is 3. The molecule has 0 saturated carbocycles. The van der Waals surface area contributed by atoms with Crippen molar-refractivity contribution in [2.45, 2.75) is 17.6 Å². The third-order valence-corrected chi connectivity index (χ3v) is 4.79. The van der Waals surface area contributed by atoms with Crippen LogP contribution in [-0.2, 0) is 16.6 Å². The van der Waals surface area contributed by atoms with E-state index in [0.717, 1.165) is 16.0 Å². The molecule has 0 spiro atoms. The average molecular weight is 305 g/mol. The summed E-state index contributed by atoms with van der Waals surface area (Å²) >= 11 is 6.10. The number of nitrogens with zero attached hydrogens (tertiary/aromatic N) is 1. The lowest BCUT2D eigenvalue weighted by Gasteiger charge is -2.08. The van der Waals surface area contributed by atoms with Crippen molar-refractivity contribution in [1.29, 1.82) is 5.26 Å². The van der Waals surface area contributed by atoms with Gasteiger partial charge >= 0.3 is 0 Å². The Hall–Kier alpha value is -1.83. The molecular formula is C15H13ClN2OS. The van der Waals surface area contributed by atoms with Gasteiger partial charge in [-0.3, -0.25) is 4.21 Å². The largest absolute Gasteiger partial charge is 0.399 e. The van der Waals surface area contributed by atoms with Gasteiger partial charge in [0.2, 0.25) is 0 Å². The highest BCUT2D eigenvalue weighted by Gasteiger charge is 2.11. The Kier molecular flexibility index (Phi) is 4.43. The molecule has 0 amide bonds. The Balaban J connectivity index is 2.26. The molecule has 2 rings (SSSR count). The zero-order valence-corrected chi connectivity index (χ0v) is 12.5. The molecule has 2 aromatic rings. The van der Waals surface area contributed by atoms with E-state index < -0.39 is 10.8 Å². The molecule has 1 unspecified atom stereocenters. The van der Waals surface area contributed by atoms with E-state index in [9.17, 15) is 4.21 Å². The lowest BCUT2D eigenvalue weighted by Crippen LogP contribution is -2.00. The van der Waals surface area contributed by atoms with Gasteiger partial charge in [0.1, 0.15) is 0 Å². The van der Waals surface area contributed by atoms with Gasteiger partial charge in [-0.05, 0) is 48.4 Å². The number of halogens is 1. The topological polar surface area (TPSA) is 66.9 Å². The first-order valence-electron chi connectivity index (χ1n) is 5.94. The Bertz CT molecular complexity index is 722. The van der Waals surface area contributed by atoms with Crippen molar-refractivity contribution in [2.24, 2.45) is 0 Å². The normalized spacial score (nSPS) is 11.8. The molecule has 0 aliphatic heterocycles. The number of anilines is 1. The number of nitrogen functional groups attached to an aromatic ring is 1. The van der Waals surface area contributed by atoms with Crippen molar-refractivity contribution in [2.75, 3.05) is 5.73 Å². The maximum Gasteiger partial charge on any atom is 0.0992 e. The minimum atomic E-state index is -1.20. The number of hydrogen-bond donors (Lipinski definition) is 1. The molecule has 3 nitrogen and oxygen atoms in total. The summed E-state index contributed by atoms with van der Waals surface area (Å²) in [6.07, 6.45) is 0. The number of rotatable bonds is 3. The monoisotopic (exact) mass is 304 g/mol. The maximum absolute atomic E-state index is 12.4. The first-order valence-corrected chi connectivity index (χ1v) is 7.64. The highest BCUT2D eigenvalue weighted by Crippen LogP contribution is 2.23. The lowest BCUT2D eigenvalue weighted by molar-refractivity contribution is 0.682. The molecule has 0 aromatic heterocycles. The molecular weight excluding hydrogens is 292 g/mol. The Morgan fingerprint density at radius 1 is 1.30 bits per heavy atom. The van der Waals surface area contributed by atoms with Crippen molar-refractivity contribution in [3.63, 3.8) is 0 Å². The van der Waals surface area contributed by atoms with Gasteiger partial charge in [0.05, 0.1) is 28.2 Å². The minimum Gasteiger partial charge on any atom is -0.399 e. The molecule has 0 bridgehead atoms. The van der Waals surface area contributed by atoms with Crippen LogP contribution in [0.3, 0.4) is 0 Å². The van der Waals surface area contributed by atoms with Crippen LogP contribution in [0.2, 0.25) is 5.02 Å². The van der Waals surface area contributed by atoms with Crippen LogP contribution in [0.1, 0.15) is 16.7 Å². The van der Waals surface area contributed by atoms with E-state index in [4.69, 9.17) is 22.6 Å². The summed E-state index contributed by atoms with van der Waals surface area (Å²) in [4.78, 5) is 0.750. The van der Waals surface area contributed by atoms with Crippen LogP contribution in [0.15, 0.2) is 41.3 Å². The molecule has 0 aliphatic carbocycles.